The lowest BCUT2D eigenvalue weighted by Crippen LogP contribution is -2.55. The molecule has 2 aromatic rings. The first-order chi connectivity index (χ1) is 14.4. The molecule has 158 valence electrons. The Hall–Kier alpha value is -2.82. The molecule has 2 aliphatic rings. The highest BCUT2D eigenvalue weighted by molar-refractivity contribution is 6.09. The molecule has 1 heterocycles. The number of carbonyl (C=O) groups is 2. The number of benzene rings is 2. The highest BCUT2D eigenvalue weighted by Gasteiger charge is 2.40. The SMILES string of the molecule is CCC1C(=O)N(C)c2ccc(C(=O)Nc3ccc(C)cc3C)cc2N1C1CCCC1. The first-order valence-electron chi connectivity index (χ1n) is 11.0. The van der Waals surface area contributed by atoms with Crippen molar-refractivity contribution in [3.05, 3.63) is 53.1 Å². The fourth-order valence-corrected chi connectivity index (χ4v) is 4.94. The monoisotopic (exact) mass is 405 g/mol. The molecule has 1 unspecified atom stereocenters. The summed E-state index contributed by atoms with van der Waals surface area (Å²) in [5, 5.41) is 3.05. The highest BCUT2D eigenvalue weighted by atomic mass is 16.2. The fourth-order valence-electron chi connectivity index (χ4n) is 4.94. The molecule has 1 saturated carbocycles. The molecule has 30 heavy (non-hydrogen) atoms. The summed E-state index contributed by atoms with van der Waals surface area (Å²) in [6, 6.07) is 11.9. The number of fused-ring (bicyclic) bond motifs is 1. The van der Waals surface area contributed by atoms with Crippen LogP contribution in [0.3, 0.4) is 0 Å². The van der Waals surface area contributed by atoms with Crippen molar-refractivity contribution >= 4 is 28.9 Å². The van der Waals surface area contributed by atoms with Crippen LogP contribution in [-0.2, 0) is 4.79 Å². The number of nitrogens with zero attached hydrogens (tertiary/aromatic N) is 2. The van der Waals surface area contributed by atoms with Crippen molar-refractivity contribution in [2.45, 2.75) is 65.0 Å². The molecule has 2 amide bonds. The summed E-state index contributed by atoms with van der Waals surface area (Å²) in [6.45, 7) is 6.12. The number of nitrogens with one attached hydrogen (secondary N) is 1. The van der Waals surface area contributed by atoms with Crippen molar-refractivity contribution < 1.29 is 9.59 Å². The summed E-state index contributed by atoms with van der Waals surface area (Å²) in [7, 11) is 1.84. The van der Waals surface area contributed by atoms with Gasteiger partial charge in [0.15, 0.2) is 0 Å². The molecule has 1 aliphatic heterocycles. The molecule has 0 spiro atoms. The summed E-state index contributed by atoms with van der Waals surface area (Å²) < 4.78 is 0. The molecular formula is C25H31N3O2. The minimum atomic E-state index is -0.164. The minimum absolute atomic E-state index is 0.122. The third-order valence-electron chi connectivity index (χ3n) is 6.56. The van der Waals surface area contributed by atoms with E-state index in [0.717, 1.165) is 41.9 Å². The van der Waals surface area contributed by atoms with E-state index in [4.69, 9.17) is 0 Å². The van der Waals surface area contributed by atoms with Gasteiger partial charge in [0.2, 0.25) is 5.91 Å². The largest absolute Gasteiger partial charge is 0.355 e. The molecule has 0 radical (unpaired) electrons. The predicted octanol–water partition coefficient (Wildman–Crippen LogP) is 5.06. The molecule has 0 aromatic heterocycles. The molecule has 1 fully saturated rings. The summed E-state index contributed by atoms with van der Waals surface area (Å²) in [5.41, 5.74) is 5.56. The van der Waals surface area contributed by atoms with Crippen molar-refractivity contribution in [2.75, 3.05) is 22.2 Å². The van der Waals surface area contributed by atoms with Crippen LogP contribution >= 0.6 is 0 Å². The van der Waals surface area contributed by atoms with E-state index < -0.39 is 0 Å². The average Bonchev–Trinajstić information content (AvgIpc) is 3.26. The molecule has 4 rings (SSSR count). The van der Waals surface area contributed by atoms with Gasteiger partial charge in [-0.25, -0.2) is 0 Å². The third kappa shape index (κ3) is 3.57. The van der Waals surface area contributed by atoms with E-state index in [0.29, 0.717) is 11.6 Å². The second-order valence-electron chi connectivity index (χ2n) is 8.64. The molecule has 2 aromatic carbocycles. The Labute approximate surface area is 179 Å². The summed E-state index contributed by atoms with van der Waals surface area (Å²) in [4.78, 5) is 30.1. The van der Waals surface area contributed by atoms with Gasteiger partial charge in [-0.1, -0.05) is 37.5 Å². The molecule has 0 saturated heterocycles. The maximum atomic E-state index is 13.1. The average molecular weight is 406 g/mol. The Morgan fingerprint density at radius 2 is 1.80 bits per heavy atom. The van der Waals surface area contributed by atoms with Crippen molar-refractivity contribution in [3.8, 4) is 0 Å². The topological polar surface area (TPSA) is 52.7 Å². The first kappa shape index (κ1) is 20.5. The van der Waals surface area contributed by atoms with Crippen LogP contribution in [0, 0.1) is 13.8 Å². The zero-order valence-corrected chi connectivity index (χ0v) is 18.4. The number of hydrogen-bond acceptors (Lipinski definition) is 3. The van der Waals surface area contributed by atoms with Crippen molar-refractivity contribution in [2.24, 2.45) is 0 Å². The normalized spacial score (nSPS) is 19.2. The van der Waals surface area contributed by atoms with Crippen LogP contribution in [0.4, 0.5) is 17.1 Å². The lowest BCUT2D eigenvalue weighted by molar-refractivity contribution is -0.120. The van der Waals surface area contributed by atoms with Gasteiger partial charge in [-0.2, -0.15) is 0 Å². The quantitative estimate of drug-likeness (QED) is 0.774. The molecule has 5 heteroatoms. The third-order valence-corrected chi connectivity index (χ3v) is 6.56. The predicted molar refractivity (Wildman–Crippen MR) is 123 cm³/mol. The number of amides is 2. The van der Waals surface area contributed by atoms with E-state index >= 15 is 0 Å². The number of aryl methyl sites for hydroxylation is 2. The standard InChI is InChI=1S/C25H31N3O2/c1-5-21-25(30)27(4)22-13-11-18(15-23(22)28(21)19-8-6-7-9-19)24(29)26-20-12-10-16(2)14-17(20)3/h10-15,19,21H,5-9H2,1-4H3,(H,26,29). The second-order valence-corrected chi connectivity index (χ2v) is 8.64. The van der Waals surface area contributed by atoms with Crippen molar-refractivity contribution in [3.63, 3.8) is 0 Å². The number of rotatable bonds is 4. The van der Waals surface area contributed by atoms with Crippen molar-refractivity contribution in [1.82, 2.24) is 0 Å². The number of carbonyl (C=O) groups excluding carboxylic acids is 2. The van der Waals surface area contributed by atoms with Gasteiger partial charge >= 0.3 is 0 Å². The minimum Gasteiger partial charge on any atom is -0.355 e. The molecule has 0 bridgehead atoms. The summed E-state index contributed by atoms with van der Waals surface area (Å²) >= 11 is 0. The molecule has 1 atom stereocenters. The van der Waals surface area contributed by atoms with E-state index in [9.17, 15) is 9.59 Å². The Kier molecular flexibility index (Phi) is 5.54. The van der Waals surface area contributed by atoms with E-state index in [1.807, 2.05) is 51.2 Å². The van der Waals surface area contributed by atoms with E-state index in [1.54, 1.807) is 4.90 Å². The van der Waals surface area contributed by atoms with Crippen LogP contribution in [0.25, 0.3) is 0 Å². The van der Waals surface area contributed by atoms with Gasteiger partial charge in [0.25, 0.3) is 5.91 Å². The number of anilines is 3. The van der Waals surface area contributed by atoms with Crippen LogP contribution in [0.15, 0.2) is 36.4 Å². The Balaban J connectivity index is 1.70. The lowest BCUT2D eigenvalue weighted by atomic mass is 9.99. The van der Waals surface area contributed by atoms with E-state index in [2.05, 4.69) is 23.2 Å². The molecule has 5 nitrogen and oxygen atoms in total. The van der Waals surface area contributed by atoms with Crippen LogP contribution in [0.1, 0.15) is 60.5 Å². The van der Waals surface area contributed by atoms with Gasteiger partial charge in [-0.15, -0.1) is 0 Å². The summed E-state index contributed by atoms with van der Waals surface area (Å²) in [6.07, 6.45) is 5.36. The van der Waals surface area contributed by atoms with E-state index in [-0.39, 0.29) is 17.9 Å². The molecular weight excluding hydrogens is 374 g/mol. The summed E-state index contributed by atoms with van der Waals surface area (Å²) in [5.74, 6) is 0.0214. The maximum absolute atomic E-state index is 13.1. The highest BCUT2D eigenvalue weighted by Crippen LogP contribution is 2.41. The van der Waals surface area contributed by atoms with Crippen LogP contribution in [0.5, 0.6) is 0 Å². The fraction of sp³-hybridized carbons (Fsp3) is 0.440. The van der Waals surface area contributed by atoms with Crippen LogP contribution in [0.2, 0.25) is 0 Å². The maximum Gasteiger partial charge on any atom is 0.255 e. The van der Waals surface area contributed by atoms with Crippen LogP contribution in [-0.4, -0.2) is 30.9 Å². The van der Waals surface area contributed by atoms with Gasteiger partial charge in [0.1, 0.15) is 6.04 Å². The van der Waals surface area contributed by atoms with Gasteiger partial charge in [0, 0.05) is 24.3 Å². The van der Waals surface area contributed by atoms with Gasteiger partial charge in [-0.05, 0) is 62.9 Å². The first-order valence-corrected chi connectivity index (χ1v) is 11.0. The zero-order chi connectivity index (χ0) is 21.4. The van der Waals surface area contributed by atoms with Gasteiger partial charge in [0.05, 0.1) is 11.4 Å². The second kappa shape index (κ2) is 8.13. The molecule has 1 N–H and O–H groups in total. The van der Waals surface area contributed by atoms with E-state index in [1.165, 1.54) is 18.4 Å². The Morgan fingerprint density at radius 1 is 1.07 bits per heavy atom. The lowest BCUT2D eigenvalue weighted by Gasteiger charge is -2.45. The van der Waals surface area contributed by atoms with Crippen molar-refractivity contribution in [1.29, 1.82) is 0 Å². The Bertz CT molecular complexity index is 978. The Morgan fingerprint density at radius 3 is 2.47 bits per heavy atom. The number of likely N-dealkylation sites (N-methyl/N-ethyl adjacent to an activating group) is 1. The van der Waals surface area contributed by atoms with Crippen LogP contribution < -0.4 is 15.1 Å². The van der Waals surface area contributed by atoms with Gasteiger partial charge < -0.3 is 15.1 Å². The van der Waals surface area contributed by atoms with Gasteiger partial charge in [-0.3, -0.25) is 9.59 Å². The number of hydrogen-bond donors (Lipinski definition) is 1. The molecule has 1 aliphatic carbocycles. The smallest absolute Gasteiger partial charge is 0.255 e. The zero-order valence-electron chi connectivity index (χ0n) is 18.4.